The molecule has 0 amide bonds. The van der Waals surface area contributed by atoms with Crippen molar-refractivity contribution in [1.82, 2.24) is 0 Å². The van der Waals surface area contributed by atoms with Crippen LogP contribution >= 0.6 is 12.4 Å². The van der Waals surface area contributed by atoms with Crippen LogP contribution in [0.15, 0.2) is 18.2 Å². The predicted molar refractivity (Wildman–Crippen MR) is 54.6 cm³/mol. The van der Waals surface area contributed by atoms with Crippen LogP contribution in [0.25, 0.3) is 0 Å². The number of carboxylic acids is 1. The number of aromatic hydroxyl groups is 1. The van der Waals surface area contributed by atoms with Gasteiger partial charge in [0, 0.05) is 6.42 Å². The molecule has 0 bridgehead atoms. The molecule has 1 atom stereocenters. The Balaban J connectivity index is 0.00000196. The van der Waals surface area contributed by atoms with Gasteiger partial charge in [0.2, 0.25) is 0 Å². The first-order valence-electron chi connectivity index (χ1n) is 3.96. The zero-order chi connectivity index (χ0) is 10.7. The van der Waals surface area contributed by atoms with Gasteiger partial charge in [0.25, 0.3) is 0 Å². The Morgan fingerprint density at radius 1 is 1.53 bits per heavy atom. The van der Waals surface area contributed by atoms with Gasteiger partial charge in [-0.2, -0.15) is 0 Å². The minimum atomic E-state index is -1.19. The van der Waals surface area contributed by atoms with Crippen molar-refractivity contribution in [1.29, 1.82) is 0 Å². The van der Waals surface area contributed by atoms with Crippen LogP contribution in [0.5, 0.6) is 5.75 Å². The minimum absolute atomic E-state index is 0. The molecule has 0 aliphatic heterocycles. The van der Waals surface area contributed by atoms with Crippen LogP contribution in [0.3, 0.4) is 0 Å². The van der Waals surface area contributed by atoms with Crippen LogP contribution in [0.2, 0.25) is 0 Å². The number of benzene rings is 1. The molecule has 0 fully saturated rings. The summed E-state index contributed by atoms with van der Waals surface area (Å²) in [6.45, 7) is 0. The molecule has 1 aromatic carbocycles. The summed E-state index contributed by atoms with van der Waals surface area (Å²) in [7, 11) is 0. The molecule has 0 aromatic heterocycles. The molecule has 84 valence electrons. The number of carboxylic acid groups (broad SMARTS) is 1. The van der Waals surface area contributed by atoms with Crippen molar-refractivity contribution in [2.24, 2.45) is 5.73 Å². The van der Waals surface area contributed by atoms with E-state index in [0.717, 1.165) is 12.1 Å². The van der Waals surface area contributed by atoms with Gasteiger partial charge in [0.1, 0.15) is 17.6 Å². The molecule has 0 saturated heterocycles. The second-order valence-corrected chi connectivity index (χ2v) is 2.92. The Morgan fingerprint density at radius 3 is 2.67 bits per heavy atom. The molecule has 0 unspecified atom stereocenters. The highest BCUT2D eigenvalue weighted by Crippen LogP contribution is 2.18. The fraction of sp³-hybridized carbons (Fsp3) is 0.222. The van der Waals surface area contributed by atoms with Gasteiger partial charge in [0.15, 0.2) is 0 Å². The van der Waals surface area contributed by atoms with Gasteiger partial charge in [-0.3, -0.25) is 4.79 Å². The summed E-state index contributed by atoms with van der Waals surface area (Å²) in [5, 5.41) is 17.8. The predicted octanol–water partition coefficient (Wildman–Crippen LogP) is 0.908. The summed E-state index contributed by atoms with van der Waals surface area (Å²) < 4.78 is 12.7. The number of phenolic OH excluding ortho intramolecular Hbond substituents is 1. The van der Waals surface area contributed by atoms with Gasteiger partial charge in [-0.05, 0) is 23.8 Å². The van der Waals surface area contributed by atoms with Crippen LogP contribution in [-0.4, -0.2) is 22.2 Å². The van der Waals surface area contributed by atoms with E-state index in [0.29, 0.717) is 0 Å². The highest BCUT2D eigenvalue weighted by atomic mass is 35.5. The zero-order valence-electron chi connectivity index (χ0n) is 7.68. The Labute approximate surface area is 91.9 Å². The van der Waals surface area contributed by atoms with Crippen molar-refractivity contribution in [2.45, 2.75) is 12.5 Å². The molecule has 0 saturated carbocycles. The Hall–Kier alpha value is -1.33. The minimum Gasteiger partial charge on any atom is -0.508 e. The van der Waals surface area contributed by atoms with E-state index in [4.69, 9.17) is 10.8 Å². The molecular weight excluding hydrogens is 225 g/mol. The zero-order valence-corrected chi connectivity index (χ0v) is 8.50. The SMILES string of the molecule is Cl.N[C@H](Cc1cc(F)ccc1O)C(=O)O. The average Bonchev–Trinajstić information content (AvgIpc) is 2.11. The summed E-state index contributed by atoms with van der Waals surface area (Å²) in [5.41, 5.74) is 5.43. The third-order valence-electron chi connectivity index (χ3n) is 1.80. The molecule has 0 heterocycles. The maximum Gasteiger partial charge on any atom is 0.320 e. The molecule has 15 heavy (non-hydrogen) atoms. The molecule has 0 aliphatic rings. The standard InChI is InChI=1S/C9H10FNO3.ClH/c10-6-1-2-8(12)5(3-6)4-7(11)9(13)14;/h1-3,7,12H,4,11H2,(H,13,14);1H/t7-;/m1./s1. The Bertz CT molecular complexity index is 359. The quantitative estimate of drug-likeness (QED) is 0.727. The van der Waals surface area contributed by atoms with Crippen molar-refractivity contribution in [3.05, 3.63) is 29.6 Å². The van der Waals surface area contributed by atoms with Crippen molar-refractivity contribution < 1.29 is 19.4 Å². The van der Waals surface area contributed by atoms with Gasteiger partial charge < -0.3 is 15.9 Å². The highest BCUT2D eigenvalue weighted by molar-refractivity contribution is 5.85. The summed E-state index contributed by atoms with van der Waals surface area (Å²) in [4.78, 5) is 10.4. The van der Waals surface area contributed by atoms with Gasteiger partial charge in [-0.25, -0.2) is 4.39 Å². The lowest BCUT2D eigenvalue weighted by atomic mass is 10.1. The number of phenols is 1. The fourth-order valence-electron chi connectivity index (χ4n) is 1.04. The monoisotopic (exact) mass is 235 g/mol. The van der Waals surface area contributed by atoms with Gasteiger partial charge >= 0.3 is 5.97 Å². The maximum absolute atomic E-state index is 12.7. The van der Waals surface area contributed by atoms with Gasteiger partial charge in [0.05, 0.1) is 0 Å². The number of hydrogen-bond donors (Lipinski definition) is 3. The first-order chi connectivity index (χ1) is 6.50. The smallest absolute Gasteiger partial charge is 0.320 e. The van der Waals surface area contributed by atoms with Crippen LogP contribution in [0, 0.1) is 5.82 Å². The van der Waals surface area contributed by atoms with E-state index in [1.807, 2.05) is 0 Å². The van der Waals surface area contributed by atoms with E-state index in [-0.39, 0.29) is 30.1 Å². The molecular formula is C9H11ClFNO3. The van der Waals surface area contributed by atoms with E-state index >= 15 is 0 Å². The molecule has 1 aromatic rings. The van der Waals surface area contributed by atoms with E-state index in [2.05, 4.69) is 0 Å². The fourth-order valence-corrected chi connectivity index (χ4v) is 1.04. The normalized spacial score (nSPS) is 11.6. The summed E-state index contributed by atoms with van der Waals surface area (Å²) in [5.74, 6) is -1.87. The lowest BCUT2D eigenvalue weighted by molar-refractivity contribution is -0.138. The summed E-state index contributed by atoms with van der Waals surface area (Å²) >= 11 is 0. The second kappa shape index (κ2) is 5.53. The molecule has 4 N–H and O–H groups in total. The van der Waals surface area contributed by atoms with Crippen molar-refractivity contribution in [3.63, 3.8) is 0 Å². The average molecular weight is 236 g/mol. The molecule has 6 heteroatoms. The van der Waals surface area contributed by atoms with Gasteiger partial charge in [-0.15, -0.1) is 12.4 Å². The van der Waals surface area contributed by atoms with Crippen LogP contribution in [-0.2, 0) is 11.2 Å². The van der Waals surface area contributed by atoms with E-state index in [1.54, 1.807) is 0 Å². The maximum atomic E-state index is 12.7. The third-order valence-corrected chi connectivity index (χ3v) is 1.80. The van der Waals surface area contributed by atoms with Crippen molar-refractivity contribution in [3.8, 4) is 5.75 Å². The molecule has 0 spiro atoms. The summed E-state index contributed by atoms with van der Waals surface area (Å²) in [6.07, 6.45) is -0.0983. The lowest BCUT2D eigenvalue weighted by Gasteiger charge is -2.07. The third kappa shape index (κ3) is 3.73. The number of halogens is 2. The number of rotatable bonds is 3. The summed E-state index contributed by atoms with van der Waals surface area (Å²) in [6, 6.07) is 2.19. The lowest BCUT2D eigenvalue weighted by Crippen LogP contribution is -2.32. The van der Waals surface area contributed by atoms with Crippen LogP contribution < -0.4 is 5.73 Å². The highest BCUT2D eigenvalue weighted by Gasteiger charge is 2.14. The van der Waals surface area contributed by atoms with Crippen LogP contribution in [0.1, 0.15) is 5.56 Å². The van der Waals surface area contributed by atoms with Crippen LogP contribution in [0.4, 0.5) is 4.39 Å². The molecule has 1 rings (SSSR count). The molecule has 4 nitrogen and oxygen atoms in total. The number of carbonyl (C=O) groups is 1. The number of hydrogen-bond acceptors (Lipinski definition) is 3. The first kappa shape index (κ1) is 13.7. The Kier molecular flexibility index (Phi) is 5.04. The topological polar surface area (TPSA) is 83.5 Å². The van der Waals surface area contributed by atoms with E-state index in [9.17, 15) is 14.3 Å². The largest absolute Gasteiger partial charge is 0.508 e. The van der Waals surface area contributed by atoms with Crippen molar-refractivity contribution >= 4 is 18.4 Å². The van der Waals surface area contributed by atoms with E-state index in [1.165, 1.54) is 6.07 Å². The molecule has 0 aliphatic carbocycles. The number of aliphatic carboxylic acids is 1. The molecule has 0 radical (unpaired) electrons. The number of nitrogens with two attached hydrogens (primary N) is 1. The second-order valence-electron chi connectivity index (χ2n) is 2.92. The van der Waals surface area contributed by atoms with Gasteiger partial charge in [-0.1, -0.05) is 0 Å². The van der Waals surface area contributed by atoms with E-state index < -0.39 is 17.8 Å². The first-order valence-corrected chi connectivity index (χ1v) is 3.96. The van der Waals surface area contributed by atoms with Crippen molar-refractivity contribution in [2.75, 3.05) is 0 Å². The Morgan fingerprint density at radius 2 is 2.13 bits per heavy atom.